The summed E-state index contributed by atoms with van der Waals surface area (Å²) < 4.78 is 26.3. The van der Waals surface area contributed by atoms with Gasteiger partial charge in [0.1, 0.15) is 0 Å². The predicted octanol–water partition coefficient (Wildman–Crippen LogP) is 1.39. The maximum atomic E-state index is 12.4. The molecule has 2 bridgehead atoms. The van der Waals surface area contributed by atoms with Gasteiger partial charge in [-0.1, -0.05) is 25.0 Å². The van der Waals surface area contributed by atoms with Crippen LogP contribution in [0, 0.1) is 11.8 Å². The fourth-order valence-corrected chi connectivity index (χ4v) is 4.02. The van der Waals surface area contributed by atoms with Gasteiger partial charge in [-0.3, -0.25) is 18.7 Å². The maximum Gasteiger partial charge on any atom is 0.264 e. The molecule has 0 N–H and O–H groups in total. The number of nitrogens with zero attached hydrogens (tertiary/aromatic N) is 1. The zero-order chi connectivity index (χ0) is 16.6. The van der Waals surface area contributed by atoms with Crippen molar-refractivity contribution in [2.75, 3.05) is 19.4 Å². The molecule has 0 saturated heterocycles. The van der Waals surface area contributed by atoms with E-state index in [0.717, 1.165) is 43.1 Å². The van der Waals surface area contributed by atoms with Crippen LogP contribution in [-0.2, 0) is 23.9 Å². The Morgan fingerprint density at radius 3 is 2.17 bits per heavy atom. The lowest BCUT2D eigenvalue weighted by Crippen LogP contribution is -2.34. The summed E-state index contributed by atoms with van der Waals surface area (Å²) in [5.41, 5.74) is 1.45. The molecule has 2 amide bonds. The molecule has 126 valence electrons. The van der Waals surface area contributed by atoms with Crippen molar-refractivity contribution >= 4 is 21.9 Å². The molecular formula is C16H21NO5S. The molecule has 23 heavy (non-hydrogen) atoms. The van der Waals surface area contributed by atoms with E-state index in [-0.39, 0.29) is 30.3 Å². The second-order valence-corrected chi connectivity index (χ2v) is 8.01. The van der Waals surface area contributed by atoms with Crippen molar-refractivity contribution in [1.82, 2.24) is 4.90 Å². The largest absolute Gasteiger partial charge is 0.275 e. The number of likely N-dealkylation sites (tertiary alicyclic amines) is 1. The third kappa shape index (κ3) is 3.26. The molecule has 2 atom stereocenters. The van der Waals surface area contributed by atoms with E-state index in [4.69, 9.17) is 0 Å². The fourth-order valence-electron chi connectivity index (χ4n) is 3.60. The summed E-state index contributed by atoms with van der Waals surface area (Å²) in [6.07, 6.45) is 9.03. The molecule has 0 radical (unpaired) electrons. The highest BCUT2D eigenvalue weighted by atomic mass is 32.2. The molecule has 0 fully saturated rings. The van der Waals surface area contributed by atoms with Gasteiger partial charge in [-0.15, -0.1) is 0 Å². The molecule has 0 unspecified atom stereocenters. The lowest BCUT2D eigenvalue weighted by Gasteiger charge is -2.17. The van der Waals surface area contributed by atoms with Gasteiger partial charge in [0.25, 0.3) is 21.9 Å². The standard InChI is InChI=1S/C16H21NO5S/c1-23(20,21)22-9-5-3-2-4-8-17-15(18)13-11-6-7-12(10-11)14(13)16(17)19/h6-7,11-12H,2-5,8-10H2,1H3/t11-,12-/m1/s1. The fraction of sp³-hybridized carbons (Fsp3) is 0.625. The van der Waals surface area contributed by atoms with Crippen molar-refractivity contribution in [3.05, 3.63) is 23.3 Å². The Hall–Kier alpha value is -1.47. The first-order chi connectivity index (χ1) is 10.9. The molecule has 7 heteroatoms. The highest BCUT2D eigenvalue weighted by Gasteiger charge is 2.49. The third-order valence-corrected chi connectivity index (χ3v) is 5.23. The van der Waals surface area contributed by atoms with E-state index in [1.165, 1.54) is 4.90 Å². The summed E-state index contributed by atoms with van der Waals surface area (Å²) in [4.78, 5) is 26.2. The van der Waals surface area contributed by atoms with Gasteiger partial charge in [-0.2, -0.15) is 8.42 Å². The van der Waals surface area contributed by atoms with Gasteiger partial charge in [-0.25, -0.2) is 0 Å². The summed E-state index contributed by atoms with van der Waals surface area (Å²) in [7, 11) is -3.37. The van der Waals surface area contributed by atoms with E-state index in [9.17, 15) is 18.0 Å². The second kappa shape index (κ2) is 6.20. The lowest BCUT2D eigenvalue weighted by atomic mass is 9.99. The van der Waals surface area contributed by atoms with Crippen LogP contribution in [0.5, 0.6) is 0 Å². The van der Waals surface area contributed by atoms with Crippen LogP contribution < -0.4 is 0 Å². The van der Waals surface area contributed by atoms with Crippen LogP contribution in [0.3, 0.4) is 0 Å². The molecule has 0 saturated carbocycles. The van der Waals surface area contributed by atoms with Gasteiger partial charge in [0.05, 0.1) is 12.9 Å². The smallest absolute Gasteiger partial charge is 0.264 e. The molecule has 0 spiro atoms. The van der Waals surface area contributed by atoms with E-state index in [0.29, 0.717) is 13.0 Å². The van der Waals surface area contributed by atoms with Crippen LogP contribution in [0.15, 0.2) is 23.3 Å². The van der Waals surface area contributed by atoms with Gasteiger partial charge in [0.2, 0.25) is 0 Å². The molecule has 0 aromatic heterocycles. The Morgan fingerprint density at radius 2 is 1.61 bits per heavy atom. The minimum atomic E-state index is -3.37. The number of amides is 2. The average molecular weight is 339 g/mol. The molecule has 2 aliphatic carbocycles. The Bertz CT molecular complexity index is 657. The van der Waals surface area contributed by atoms with Crippen LogP contribution in [0.1, 0.15) is 32.1 Å². The molecule has 0 aromatic carbocycles. The monoisotopic (exact) mass is 339 g/mol. The van der Waals surface area contributed by atoms with Crippen molar-refractivity contribution < 1.29 is 22.2 Å². The maximum absolute atomic E-state index is 12.4. The number of carbonyl (C=O) groups excluding carboxylic acids is 2. The Labute approximate surface area is 136 Å². The van der Waals surface area contributed by atoms with Crippen molar-refractivity contribution in [3.63, 3.8) is 0 Å². The van der Waals surface area contributed by atoms with Crippen molar-refractivity contribution in [2.24, 2.45) is 11.8 Å². The zero-order valence-corrected chi connectivity index (χ0v) is 14.0. The SMILES string of the molecule is CS(=O)(=O)OCCCCCCN1C(=O)C2=C(C1=O)[C@@H]1C=C[C@@H]2C1. The summed E-state index contributed by atoms with van der Waals surface area (Å²) >= 11 is 0. The van der Waals surface area contributed by atoms with E-state index in [1.54, 1.807) is 0 Å². The lowest BCUT2D eigenvalue weighted by molar-refractivity contribution is -0.138. The topological polar surface area (TPSA) is 80.8 Å². The highest BCUT2D eigenvalue weighted by Crippen LogP contribution is 2.48. The second-order valence-electron chi connectivity index (χ2n) is 6.36. The number of fused-ring (bicyclic) bond motifs is 4. The van der Waals surface area contributed by atoms with Gasteiger partial charge >= 0.3 is 0 Å². The summed E-state index contributed by atoms with van der Waals surface area (Å²) in [5, 5.41) is 0. The predicted molar refractivity (Wildman–Crippen MR) is 83.7 cm³/mol. The van der Waals surface area contributed by atoms with Gasteiger partial charge in [0, 0.05) is 29.5 Å². The van der Waals surface area contributed by atoms with Gasteiger partial charge in [0.15, 0.2) is 0 Å². The molecule has 3 rings (SSSR count). The first-order valence-corrected chi connectivity index (χ1v) is 9.83. The molecular weight excluding hydrogens is 318 g/mol. The minimum Gasteiger partial charge on any atom is -0.275 e. The first kappa shape index (κ1) is 16.4. The number of allylic oxidation sites excluding steroid dienone is 2. The molecule has 1 aliphatic heterocycles. The summed E-state index contributed by atoms with van der Waals surface area (Å²) in [6.45, 7) is 0.627. The quantitative estimate of drug-likeness (QED) is 0.289. The van der Waals surface area contributed by atoms with E-state index in [2.05, 4.69) is 4.18 Å². The Morgan fingerprint density at radius 1 is 1.04 bits per heavy atom. The van der Waals surface area contributed by atoms with Crippen molar-refractivity contribution in [2.45, 2.75) is 32.1 Å². The molecule has 6 nitrogen and oxygen atoms in total. The van der Waals surface area contributed by atoms with Crippen LogP contribution >= 0.6 is 0 Å². The van der Waals surface area contributed by atoms with Gasteiger partial charge < -0.3 is 0 Å². The number of hydrogen-bond donors (Lipinski definition) is 0. The average Bonchev–Trinajstić information content (AvgIpc) is 3.13. The summed E-state index contributed by atoms with van der Waals surface area (Å²) in [6, 6.07) is 0. The van der Waals surface area contributed by atoms with Gasteiger partial charge in [-0.05, 0) is 19.3 Å². The number of hydrogen-bond acceptors (Lipinski definition) is 5. The molecule has 3 aliphatic rings. The molecule has 1 heterocycles. The summed E-state index contributed by atoms with van der Waals surface area (Å²) in [5.74, 6) is 0.0682. The first-order valence-electron chi connectivity index (χ1n) is 8.01. The third-order valence-electron chi connectivity index (χ3n) is 4.64. The number of unbranched alkanes of at least 4 members (excludes halogenated alkanes) is 3. The van der Waals surface area contributed by atoms with Crippen LogP contribution in [0.4, 0.5) is 0 Å². The van der Waals surface area contributed by atoms with Crippen LogP contribution in [0.25, 0.3) is 0 Å². The van der Waals surface area contributed by atoms with E-state index >= 15 is 0 Å². The number of imide groups is 1. The van der Waals surface area contributed by atoms with E-state index < -0.39 is 10.1 Å². The zero-order valence-electron chi connectivity index (χ0n) is 13.2. The molecule has 0 aromatic rings. The highest BCUT2D eigenvalue weighted by molar-refractivity contribution is 7.85. The van der Waals surface area contributed by atoms with Crippen LogP contribution in [-0.4, -0.2) is 44.5 Å². The van der Waals surface area contributed by atoms with Crippen molar-refractivity contribution in [1.29, 1.82) is 0 Å². The van der Waals surface area contributed by atoms with E-state index in [1.807, 2.05) is 12.2 Å². The number of rotatable bonds is 8. The Kier molecular flexibility index (Phi) is 4.42. The number of carbonyl (C=O) groups is 2. The van der Waals surface area contributed by atoms with Crippen molar-refractivity contribution in [3.8, 4) is 0 Å². The minimum absolute atomic E-state index is 0.109. The normalized spacial score (nSPS) is 25.9. The van der Waals surface area contributed by atoms with Crippen LogP contribution in [0.2, 0.25) is 0 Å². The Balaban J connectivity index is 1.39.